The second kappa shape index (κ2) is 8.12. The summed E-state index contributed by atoms with van der Waals surface area (Å²) < 4.78 is 18.3. The molecule has 0 radical (unpaired) electrons. The van der Waals surface area contributed by atoms with Gasteiger partial charge in [0.1, 0.15) is 0 Å². The second-order valence-electron chi connectivity index (χ2n) is 3.44. The van der Waals surface area contributed by atoms with E-state index >= 15 is 0 Å². The van der Waals surface area contributed by atoms with Gasteiger partial charge in [0.2, 0.25) is 6.17 Å². The van der Waals surface area contributed by atoms with Crippen molar-refractivity contribution in [1.82, 2.24) is 0 Å². The molecule has 2 atom stereocenters. The first kappa shape index (κ1) is 18.7. The Balaban J connectivity index is 0.00000324. The molecule has 0 bridgehead atoms. The fraction of sp³-hybridized carbons (Fsp3) is 0.364. The minimum Gasteiger partial charge on any atom is -0.464 e. The molecule has 0 heterocycles. The first-order chi connectivity index (χ1) is 8.40. The Morgan fingerprint density at radius 1 is 1.37 bits per heavy atom. The van der Waals surface area contributed by atoms with Crippen molar-refractivity contribution in [2.24, 2.45) is 5.73 Å². The Hall–Kier alpha value is -0.260. The van der Waals surface area contributed by atoms with Crippen LogP contribution in [0.4, 0.5) is 4.39 Å². The van der Waals surface area contributed by atoms with E-state index in [2.05, 4.69) is 4.74 Å². The fourth-order valence-corrected chi connectivity index (χ4v) is 2.15. The van der Waals surface area contributed by atoms with E-state index in [4.69, 9.17) is 40.5 Å². The van der Waals surface area contributed by atoms with Gasteiger partial charge in [0, 0.05) is 10.6 Å². The van der Waals surface area contributed by atoms with Crippen molar-refractivity contribution in [2.45, 2.75) is 19.1 Å². The number of benzene rings is 1. The van der Waals surface area contributed by atoms with Crippen molar-refractivity contribution in [3.63, 3.8) is 0 Å². The number of carbonyl (C=O) groups is 1. The molecule has 108 valence electrons. The summed E-state index contributed by atoms with van der Waals surface area (Å²) in [5.41, 5.74) is 5.73. The predicted molar refractivity (Wildman–Crippen MR) is 77.2 cm³/mol. The van der Waals surface area contributed by atoms with Gasteiger partial charge in [-0.1, -0.05) is 34.8 Å². The third-order valence-electron chi connectivity index (χ3n) is 2.24. The maximum Gasteiger partial charge on any atom is 0.342 e. The lowest BCUT2D eigenvalue weighted by Crippen LogP contribution is -2.32. The van der Waals surface area contributed by atoms with Gasteiger partial charge in [0.15, 0.2) is 0 Å². The SMILES string of the molecule is CCOC(=O)C(F)[C@H](N)c1c(Cl)ccc(Cl)c1Cl.Cl. The fourth-order valence-electron chi connectivity index (χ4n) is 1.36. The van der Waals surface area contributed by atoms with Crippen LogP contribution in [-0.2, 0) is 9.53 Å². The summed E-state index contributed by atoms with van der Waals surface area (Å²) in [5.74, 6) is -1.06. The van der Waals surface area contributed by atoms with E-state index in [9.17, 15) is 9.18 Å². The first-order valence-electron chi connectivity index (χ1n) is 5.09. The molecule has 1 unspecified atom stereocenters. The summed E-state index contributed by atoms with van der Waals surface area (Å²) in [6.45, 7) is 1.62. The standard InChI is InChI=1S/C11H11Cl3FNO2.ClH/c1-2-18-11(17)9(15)10(16)7-5(12)3-4-6(13)8(7)14;/h3-4,9-10H,2,16H2,1H3;1H/t9?,10-;/m1./s1. The average molecular weight is 351 g/mol. The highest BCUT2D eigenvalue weighted by atomic mass is 35.5. The number of hydrogen-bond donors (Lipinski definition) is 1. The molecule has 0 aliphatic rings. The van der Waals surface area contributed by atoms with Crippen LogP contribution in [-0.4, -0.2) is 18.7 Å². The molecule has 2 N–H and O–H groups in total. The molecule has 0 fully saturated rings. The monoisotopic (exact) mass is 349 g/mol. The zero-order valence-corrected chi connectivity index (χ0v) is 12.9. The molecule has 3 nitrogen and oxygen atoms in total. The van der Waals surface area contributed by atoms with E-state index in [-0.39, 0.29) is 39.6 Å². The lowest BCUT2D eigenvalue weighted by molar-refractivity contribution is -0.149. The van der Waals surface area contributed by atoms with Crippen LogP contribution >= 0.6 is 47.2 Å². The molecule has 0 saturated heterocycles. The lowest BCUT2D eigenvalue weighted by Gasteiger charge is -2.18. The van der Waals surface area contributed by atoms with Gasteiger partial charge in [0.25, 0.3) is 0 Å². The second-order valence-corrected chi connectivity index (χ2v) is 4.63. The maximum absolute atomic E-state index is 13.8. The molecule has 0 aliphatic carbocycles. The number of halogens is 5. The van der Waals surface area contributed by atoms with Gasteiger partial charge in [-0.2, -0.15) is 0 Å². The van der Waals surface area contributed by atoms with Crippen LogP contribution < -0.4 is 5.73 Å². The van der Waals surface area contributed by atoms with Crippen LogP contribution in [0.2, 0.25) is 15.1 Å². The first-order valence-corrected chi connectivity index (χ1v) is 6.23. The van der Waals surface area contributed by atoms with Crippen molar-refractivity contribution in [2.75, 3.05) is 6.61 Å². The molecule has 1 aromatic carbocycles. The van der Waals surface area contributed by atoms with E-state index in [1.165, 1.54) is 12.1 Å². The maximum atomic E-state index is 13.8. The molecule has 0 aromatic heterocycles. The third-order valence-corrected chi connectivity index (χ3v) is 3.39. The quantitative estimate of drug-likeness (QED) is 0.660. The molecule has 1 rings (SSSR count). The van der Waals surface area contributed by atoms with Crippen molar-refractivity contribution < 1.29 is 13.9 Å². The molecule has 0 spiro atoms. The molecule has 19 heavy (non-hydrogen) atoms. The molecule has 0 amide bonds. The Morgan fingerprint density at radius 3 is 2.42 bits per heavy atom. The van der Waals surface area contributed by atoms with Crippen molar-refractivity contribution in [3.05, 3.63) is 32.8 Å². The largest absolute Gasteiger partial charge is 0.464 e. The summed E-state index contributed by atoms with van der Waals surface area (Å²) in [6.07, 6.45) is -2.06. The summed E-state index contributed by atoms with van der Waals surface area (Å²) in [5, 5.41) is 0.357. The lowest BCUT2D eigenvalue weighted by atomic mass is 10.0. The summed E-state index contributed by atoms with van der Waals surface area (Å²) in [7, 11) is 0. The number of esters is 1. The smallest absolute Gasteiger partial charge is 0.342 e. The normalized spacial score (nSPS) is 13.4. The van der Waals surface area contributed by atoms with Gasteiger partial charge < -0.3 is 10.5 Å². The minimum atomic E-state index is -2.06. The number of nitrogens with two attached hydrogens (primary N) is 1. The Labute approximate surface area is 131 Å². The van der Waals surface area contributed by atoms with Gasteiger partial charge in [-0.05, 0) is 19.1 Å². The number of ether oxygens (including phenoxy) is 1. The highest BCUT2D eigenvalue weighted by Crippen LogP contribution is 2.36. The zero-order chi connectivity index (χ0) is 13.9. The molecule has 0 aliphatic heterocycles. The molecule has 0 saturated carbocycles. The van der Waals surface area contributed by atoms with E-state index in [1.807, 2.05) is 0 Å². The van der Waals surface area contributed by atoms with Gasteiger partial charge in [-0.3, -0.25) is 0 Å². The van der Waals surface area contributed by atoms with Gasteiger partial charge >= 0.3 is 5.97 Å². The van der Waals surface area contributed by atoms with Crippen LogP contribution in [0.3, 0.4) is 0 Å². The number of alkyl halides is 1. The van der Waals surface area contributed by atoms with Crippen LogP contribution in [0.15, 0.2) is 12.1 Å². The van der Waals surface area contributed by atoms with E-state index < -0.39 is 18.2 Å². The Kier molecular flexibility index (Phi) is 8.01. The van der Waals surface area contributed by atoms with Gasteiger partial charge in [-0.25, -0.2) is 9.18 Å². The summed E-state index contributed by atoms with van der Waals surface area (Å²) >= 11 is 17.6. The van der Waals surface area contributed by atoms with Crippen molar-refractivity contribution in [1.29, 1.82) is 0 Å². The Bertz CT molecular complexity index is 459. The van der Waals surface area contributed by atoms with Crippen LogP contribution in [0.25, 0.3) is 0 Å². The third kappa shape index (κ3) is 4.36. The number of hydrogen-bond acceptors (Lipinski definition) is 3. The average Bonchev–Trinajstić information content (AvgIpc) is 2.33. The minimum absolute atomic E-state index is 0. The van der Waals surface area contributed by atoms with E-state index in [0.717, 1.165) is 0 Å². The molecular weight excluding hydrogens is 339 g/mol. The molecule has 8 heteroatoms. The Morgan fingerprint density at radius 2 is 1.89 bits per heavy atom. The number of carbonyl (C=O) groups excluding carboxylic acids is 1. The topological polar surface area (TPSA) is 52.3 Å². The van der Waals surface area contributed by atoms with Crippen LogP contribution in [0.5, 0.6) is 0 Å². The number of rotatable bonds is 4. The zero-order valence-electron chi connectivity index (χ0n) is 9.83. The van der Waals surface area contributed by atoms with Crippen molar-refractivity contribution >= 4 is 53.2 Å². The van der Waals surface area contributed by atoms with Crippen LogP contribution in [0, 0.1) is 0 Å². The van der Waals surface area contributed by atoms with Crippen LogP contribution in [0.1, 0.15) is 18.5 Å². The summed E-state index contributed by atoms with van der Waals surface area (Å²) in [4.78, 5) is 11.3. The summed E-state index contributed by atoms with van der Waals surface area (Å²) in [6, 6.07) is 1.56. The predicted octanol–water partition coefficient (Wildman–Crippen LogP) is 3.97. The van der Waals surface area contributed by atoms with Crippen molar-refractivity contribution in [3.8, 4) is 0 Å². The molecule has 1 aromatic rings. The van der Waals surface area contributed by atoms with E-state index in [1.54, 1.807) is 6.92 Å². The van der Waals surface area contributed by atoms with Gasteiger partial charge in [0.05, 0.1) is 22.7 Å². The van der Waals surface area contributed by atoms with Gasteiger partial charge in [-0.15, -0.1) is 12.4 Å². The van der Waals surface area contributed by atoms with E-state index in [0.29, 0.717) is 0 Å². The molecular formula is C11H12Cl4FNO2. The highest BCUT2D eigenvalue weighted by molar-refractivity contribution is 6.44. The highest BCUT2D eigenvalue weighted by Gasteiger charge is 2.31.